The highest BCUT2D eigenvalue weighted by molar-refractivity contribution is 14.1. The predicted octanol–water partition coefficient (Wildman–Crippen LogP) is 2.14. The second-order valence-electron chi connectivity index (χ2n) is 4.90. The van der Waals surface area contributed by atoms with Gasteiger partial charge >= 0.3 is 0 Å². The number of carbonyl (C=O) groups excluding carboxylic acids is 2. The molecule has 1 aromatic carbocycles. The molecule has 0 unspecified atom stereocenters. The maximum absolute atomic E-state index is 12.0. The van der Waals surface area contributed by atoms with Crippen molar-refractivity contribution in [3.05, 3.63) is 45.3 Å². The van der Waals surface area contributed by atoms with Crippen LogP contribution in [0.2, 0.25) is 0 Å². The van der Waals surface area contributed by atoms with Crippen molar-refractivity contribution < 1.29 is 9.59 Å². The lowest BCUT2D eigenvalue weighted by Crippen LogP contribution is -2.21. The summed E-state index contributed by atoms with van der Waals surface area (Å²) in [6.45, 7) is 3.24. The van der Waals surface area contributed by atoms with Crippen molar-refractivity contribution in [3.63, 3.8) is 0 Å². The number of hydrogen-bond donors (Lipinski definition) is 2. The molecule has 0 spiro atoms. The minimum absolute atomic E-state index is 0.125. The van der Waals surface area contributed by atoms with Gasteiger partial charge in [0.1, 0.15) is 0 Å². The van der Waals surface area contributed by atoms with E-state index in [1.807, 2.05) is 12.1 Å². The fraction of sp³-hybridized carbons (Fsp3) is 0.200. The number of amides is 2. The molecule has 1 aromatic heterocycles. The molecule has 2 aromatic rings. The normalized spacial score (nSPS) is 11.2. The first-order valence-electron chi connectivity index (χ1n) is 6.78. The van der Waals surface area contributed by atoms with E-state index in [2.05, 4.69) is 43.5 Å². The van der Waals surface area contributed by atoms with Crippen molar-refractivity contribution >= 4 is 45.8 Å². The van der Waals surface area contributed by atoms with Gasteiger partial charge in [-0.05, 0) is 47.2 Å². The molecule has 7 nitrogen and oxygen atoms in total. The van der Waals surface area contributed by atoms with Gasteiger partial charge in [-0.3, -0.25) is 14.3 Å². The molecule has 8 heteroatoms. The average molecular weight is 425 g/mol. The van der Waals surface area contributed by atoms with Crippen LogP contribution in [0.1, 0.15) is 29.9 Å². The number of nitrogens with one attached hydrogen (secondary N) is 2. The van der Waals surface area contributed by atoms with E-state index in [1.165, 1.54) is 6.92 Å². The summed E-state index contributed by atoms with van der Waals surface area (Å²) in [7, 11) is 1.75. The molecule has 2 N–H and O–H groups in total. The largest absolute Gasteiger partial charge is 0.326 e. The van der Waals surface area contributed by atoms with Crippen LogP contribution in [0.25, 0.3) is 0 Å². The molecule has 0 atom stereocenters. The lowest BCUT2D eigenvalue weighted by atomic mass is 10.1. The Bertz CT molecular complexity index is 765. The molecule has 1 heterocycles. The highest BCUT2D eigenvalue weighted by atomic mass is 127. The van der Waals surface area contributed by atoms with Crippen LogP contribution in [0.4, 0.5) is 5.69 Å². The van der Waals surface area contributed by atoms with Gasteiger partial charge in [0.15, 0.2) is 5.69 Å². The number of benzene rings is 1. The maximum atomic E-state index is 12.0. The summed E-state index contributed by atoms with van der Waals surface area (Å²) in [5, 5.41) is 10.9. The second-order valence-corrected chi connectivity index (χ2v) is 6.06. The molecular formula is C15H16IN5O2. The number of nitrogens with zero attached hydrogens (tertiary/aromatic N) is 3. The summed E-state index contributed by atoms with van der Waals surface area (Å²) in [5.74, 6) is -0.482. The molecule has 2 rings (SSSR count). The zero-order valence-electron chi connectivity index (χ0n) is 12.9. The Labute approximate surface area is 147 Å². The number of hydrogen-bond acceptors (Lipinski definition) is 4. The summed E-state index contributed by atoms with van der Waals surface area (Å²) in [5.41, 5.74) is 5.04. The number of aryl methyl sites for hydroxylation is 1. The van der Waals surface area contributed by atoms with E-state index in [-0.39, 0.29) is 11.8 Å². The lowest BCUT2D eigenvalue weighted by Gasteiger charge is -2.05. The number of carbonyl (C=O) groups is 2. The minimum Gasteiger partial charge on any atom is -0.326 e. The molecule has 0 saturated heterocycles. The van der Waals surface area contributed by atoms with Crippen molar-refractivity contribution in [2.24, 2.45) is 12.1 Å². The van der Waals surface area contributed by atoms with Crippen molar-refractivity contribution in [2.45, 2.75) is 13.8 Å². The number of aromatic nitrogens is 2. The molecule has 0 saturated carbocycles. The van der Waals surface area contributed by atoms with Crippen molar-refractivity contribution in [1.82, 2.24) is 15.2 Å². The third kappa shape index (κ3) is 4.62. The zero-order valence-corrected chi connectivity index (χ0v) is 15.1. The van der Waals surface area contributed by atoms with Crippen LogP contribution in [0.5, 0.6) is 0 Å². The van der Waals surface area contributed by atoms with E-state index in [4.69, 9.17) is 0 Å². The van der Waals surface area contributed by atoms with Gasteiger partial charge in [0.05, 0.1) is 9.28 Å². The topological polar surface area (TPSA) is 88.4 Å². The number of rotatable bonds is 4. The number of anilines is 1. The summed E-state index contributed by atoms with van der Waals surface area (Å²) in [6, 6.07) is 7.19. The van der Waals surface area contributed by atoms with Gasteiger partial charge < -0.3 is 5.32 Å². The van der Waals surface area contributed by atoms with Crippen LogP contribution in [0, 0.1) is 3.57 Å². The van der Waals surface area contributed by atoms with Crippen LogP contribution in [-0.4, -0.2) is 27.3 Å². The Morgan fingerprint density at radius 2 is 1.87 bits per heavy atom. The van der Waals surface area contributed by atoms with E-state index in [9.17, 15) is 9.59 Å². The van der Waals surface area contributed by atoms with Gasteiger partial charge in [0.2, 0.25) is 5.91 Å². The van der Waals surface area contributed by atoms with E-state index in [0.29, 0.717) is 17.1 Å². The number of halogens is 1. The van der Waals surface area contributed by atoms with Gasteiger partial charge in [-0.25, -0.2) is 5.43 Å². The van der Waals surface area contributed by atoms with Crippen LogP contribution in [-0.2, 0) is 11.8 Å². The van der Waals surface area contributed by atoms with E-state index < -0.39 is 0 Å². The molecule has 0 bridgehead atoms. The minimum atomic E-state index is -0.357. The van der Waals surface area contributed by atoms with Crippen LogP contribution >= 0.6 is 22.6 Å². The van der Waals surface area contributed by atoms with Gasteiger partial charge in [-0.2, -0.15) is 10.2 Å². The summed E-state index contributed by atoms with van der Waals surface area (Å²) in [4.78, 5) is 23.0. The van der Waals surface area contributed by atoms with Crippen LogP contribution < -0.4 is 10.7 Å². The molecule has 0 radical (unpaired) electrons. The van der Waals surface area contributed by atoms with Gasteiger partial charge in [-0.15, -0.1) is 0 Å². The molecule has 120 valence electrons. The first-order chi connectivity index (χ1) is 10.9. The SMILES string of the molecule is CC(=O)Nc1ccc(/C(C)=N/NC(=O)c2nn(C)cc2I)cc1. The maximum Gasteiger partial charge on any atom is 0.292 e. The molecule has 0 aliphatic rings. The fourth-order valence-electron chi connectivity index (χ4n) is 1.86. The first kappa shape index (κ1) is 17.1. The monoisotopic (exact) mass is 425 g/mol. The summed E-state index contributed by atoms with van der Waals surface area (Å²) >= 11 is 2.05. The summed E-state index contributed by atoms with van der Waals surface area (Å²) < 4.78 is 2.34. The highest BCUT2D eigenvalue weighted by Crippen LogP contribution is 2.11. The van der Waals surface area contributed by atoms with Crippen molar-refractivity contribution in [1.29, 1.82) is 0 Å². The quantitative estimate of drug-likeness (QED) is 0.447. The Morgan fingerprint density at radius 1 is 1.22 bits per heavy atom. The summed E-state index contributed by atoms with van der Waals surface area (Å²) in [6.07, 6.45) is 1.76. The molecule has 23 heavy (non-hydrogen) atoms. The molecule has 0 aliphatic heterocycles. The average Bonchev–Trinajstić information content (AvgIpc) is 2.83. The Hall–Kier alpha value is -2.23. The van der Waals surface area contributed by atoms with Crippen LogP contribution in [0.15, 0.2) is 35.6 Å². The fourth-order valence-corrected chi connectivity index (χ4v) is 2.62. The molecule has 2 amide bonds. The van der Waals surface area contributed by atoms with Gasteiger partial charge in [0.25, 0.3) is 5.91 Å². The third-order valence-corrected chi connectivity index (χ3v) is 3.74. The number of hydrazone groups is 1. The second kappa shape index (κ2) is 7.36. The smallest absolute Gasteiger partial charge is 0.292 e. The Kier molecular flexibility index (Phi) is 5.48. The standard InChI is InChI=1S/C15H16IN5O2/c1-9(11-4-6-12(7-5-11)17-10(2)22)18-19-15(23)14-13(16)8-21(3)20-14/h4-8H,1-3H3,(H,17,22)(H,19,23)/b18-9+. The first-order valence-corrected chi connectivity index (χ1v) is 7.86. The van der Waals surface area contributed by atoms with Crippen LogP contribution in [0.3, 0.4) is 0 Å². The zero-order chi connectivity index (χ0) is 17.0. The van der Waals surface area contributed by atoms with Crippen molar-refractivity contribution in [2.75, 3.05) is 5.32 Å². The van der Waals surface area contributed by atoms with Gasteiger partial charge in [0, 0.05) is 25.9 Å². The third-order valence-electron chi connectivity index (χ3n) is 2.95. The molecular weight excluding hydrogens is 409 g/mol. The van der Waals surface area contributed by atoms with Gasteiger partial charge in [-0.1, -0.05) is 12.1 Å². The molecule has 0 fully saturated rings. The highest BCUT2D eigenvalue weighted by Gasteiger charge is 2.13. The Balaban J connectivity index is 2.06. The molecule has 0 aliphatic carbocycles. The van der Waals surface area contributed by atoms with E-state index in [0.717, 1.165) is 9.13 Å². The van der Waals surface area contributed by atoms with Crippen molar-refractivity contribution in [3.8, 4) is 0 Å². The van der Waals surface area contributed by atoms with E-state index in [1.54, 1.807) is 37.0 Å². The van der Waals surface area contributed by atoms with E-state index >= 15 is 0 Å². The predicted molar refractivity (Wildman–Crippen MR) is 96.3 cm³/mol. The Morgan fingerprint density at radius 3 is 2.39 bits per heavy atom. The lowest BCUT2D eigenvalue weighted by molar-refractivity contribution is -0.114.